The van der Waals surface area contributed by atoms with Crippen LogP contribution in [0.15, 0.2) is 66.0 Å². The number of rotatable bonds is 9. The number of hydrogen-bond donors (Lipinski definition) is 4. The van der Waals surface area contributed by atoms with Gasteiger partial charge in [0.05, 0.1) is 13.1 Å². The van der Waals surface area contributed by atoms with E-state index in [0.29, 0.717) is 35.6 Å². The van der Waals surface area contributed by atoms with Gasteiger partial charge in [0.1, 0.15) is 23.4 Å². The van der Waals surface area contributed by atoms with Crippen LogP contribution in [0.5, 0.6) is 11.5 Å². The Morgan fingerprint density at radius 3 is 2.42 bits per heavy atom. The number of carbonyl (C=O) groups excluding carboxylic acids is 3. The predicted octanol–water partition coefficient (Wildman–Crippen LogP) is 4.03. The van der Waals surface area contributed by atoms with Gasteiger partial charge in [0.15, 0.2) is 0 Å². The number of hydrogen-bond acceptors (Lipinski definition) is 6. The summed E-state index contributed by atoms with van der Waals surface area (Å²) in [5.41, 5.74) is 6.59. The molecular weight excluding hydrogens is 526 g/mol. The molecule has 2 heterocycles. The van der Waals surface area contributed by atoms with Crippen LogP contribution in [0.25, 0.3) is 0 Å². The molecule has 10 heteroatoms. The number of thiophene rings is 1. The van der Waals surface area contributed by atoms with E-state index in [9.17, 15) is 14.4 Å². The van der Waals surface area contributed by atoms with Crippen molar-refractivity contribution >= 4 is 34.9 Å². The molecule has 1 saturated heterocycles. The maximum atomic E-state index is 13.4. The van der Waals surface area contributed by atoms with E-state index in [1.54, 1.807) is 40.6 Å². The van der Waals surface area contributed by atoms with Gasteiger partial charge in [0.2, 0.25) is 11.8 Å². The van der Waals surface area contributed by atoms with Crippen molar-refractivity contribution in [3.05, 3.63) is 82.0 Å². The molecule has 1 aromatic heterocycles. The fraction of sp³-hybridized carbons (Fsp3) is 0.333. The molecule has 5 N–H and O–H groups in total. The maximum absolute atomic E-state index is 13.4. The summed E-state index contributed by atoms with van der Waals surface area (Å²) in [5, 5.41) is 15.1. The first-order valence-corrected chi connectivity index (χ1v) is 14.4. The zero-order valence-electron chi connectivity index (χ0n) is 22.1. The van der Waals surface area contributed by atoms with E-state index in [1.807, 2.05) is 30.3 Å². The van der Waals surface area contributed by atoms with Crippen LogP contribution in [0.1, 0.15) is 52.9 Å². The molecule has 1 aliphatic heterocycles. The highest BCUT2D eigenvalue weighted by Crippen LogP contribution is 2.40. The number of amidine groups is 1. The molecule has 2 fully saturated rings. The van der Waals surface area contributed by atoms with Crippen molar-refractivity contribution in [3.8, 4) is 11.5 Å². The summed E-state index contributed by atoms with van der Waals surface area (Å²) in [4.78, 5) is 42.1. The second-order valence-electron chi connectivity index (χ2n) is 10.2. The van der Waals surface area contributed by atoms with Crippen molar-refractivity contribution < 1.29 is 19.1 Å². The van der Waals surface area contributed by atoms with Crippen molar-refractivity contribution in [1.82, 2.24) is 15.5 Å². The van der Waals surface area contributed by atoms with Crippen LogP contribution >= 0.6 is 11.3 Å². The molecule has 3 atom stereocenters. The van der Waals surface area contributed by atoms with Crippen LogP contribution in [0, 0.1) is 11.3 Å². The molecule has 0 spiro atoms. The van der Waals surface area contributed by atoms with E-state index in [0.717, 1.165) is 30.6 Å². The van der Waals surface area contributed by atoms with Crippen LogP contribution in [-0.2, 0) is 16.1 Å². The first kappa shape index (κ1) is 27.4. The number of fused-ring (bicyclic) bond motifs is 1. The Kier molecular flexibility index (Phi) is 8.45. The van der Waals surface area contributed by atoms with E-state index >= 15 is 0 Å². The summed E-state index contributed by atoms with van der Waals surface area (Å²) in [6.45, 7) is 0.131. The fourth-order valence-electron chi connectivity index (χ4n) is 5.61. The molecule has 0 unspecified atom stereocenters. The summed E-state index contributed by atoms with van der Waals surface area (Å²) in [5.74, 6) is 0.776. The highest BCUT2D eigenvalue weighted by Gasteiger charge is 2.47. The summed E-state index contributed by atoms with van der Waals surface area (Å²) in [6, 6.07) is 17.3. The highest BCUT2D eigenvalue weighted by atomic mass is 32.1. The number of nitrogens with two attached hydrogens (primary N) is 1. The van der Waals surface area contributed by atoms with Gasteiger partial charge in [-0.3, -0.25) is 19.8 Å². The predicted molar refractivity (Wildman–Crippen MR) is 153 cm³/mol. The lowest BCUT2D eigenvalue weighted by Crippen LogP contribution is -2.52. The van der Waals surface area contributed by atoms with E-state index in [1.165, 1.54) is 11.3 Å². The van der Waals surface area contributed by atoms with E-state index < -0.39 is 6.04 Å². The quantitative estimate of drug-likeness (QED) is 0.232. The molecule has 9 nitrogen and oxygen atoms in total. The monoisotopic (exact) mass is 559 g/mol. The first-order valence-electron chi connectivity index (χ1n) is 13.5. The van der Waals surface area contributed by atoms with Crippen molar-refractivity contribution in [2.24, 2.45) is 11.7 Å². The molecule has 0 radical (unpaired) electrons. The van der Waals surface area contributed by atoms with Gasteiger partial charge in [0.25, 0.3) is 5.91 Å². The second kappa shape index (κ2) is 12.3. The number of nitrogens with zero attached hydrogens (tertiary/aromatic N) is 1. The third kappa shape index (κ3) is 6.34. The van der Waals surface area contributed by atoms with E-state index in [-0.39, 0.29) is 42.1 Å². The van der Waals surface area contributed by atoms with Gasteiger partial charge in [-0.05, 0) is 67.6 Å². The topological polar surface area (TPSA) is 138 Å². The fourth-order valence-corrected chi connectivity index (χ4v) is 6.43. The molecule has 2 aromatic carbocycles. The minimum atomic E-state index is -0.570. The molecule has 3 aromatic rings. The Balaban J connectivity index is 1.19. The molecule has 208 valence electrons. The maximum Gasteiger partial charge on any atom is 0.251 e. The smallest absolute Gasteiger partial charge is 0.251 e. The lowest BCUT2D eigenvalue weighted by molar-refractivity contribution is -0.140. The number of amides is 3. The van der Waals surface area contributed by atoms with E-state index in [4.69, 9.17) is 15.9 Å². The third-order valence-corrected chi connectivity index (χ3v) is 8.51. The SMILES string of the molecule is N=C(N)c1csc(CNC(=O)[C@@H]2C[C@@H]3CCCC[C@@H]3N2C(=O)CNC(=O)c2ccc(Oc3ccccc3)cc2)c1. The van der Waals surface area contributed by atoms with Gasteiger partial charge in [-0.15, -0.1) is 11.3 Å². The zero-order valence-corrected chi connectivity index (χ0v) is 22.9. The molecule has 1 saturated carbocycles. The standard InChI is InChI=1S/C30H33N5O4S/c31-28(32)21-14-24(40-18-21)16-33-30(38)26-15-20-6-4-5-9-25(20)35(26)27(36)17-34-29(37)19-10-12-23(13-11-19)39-22-7-2-1-3-8-22/h1-3,7-8,10-14,18,20,25-26H,4-6,9,15-17H2,(H3,31,32)(H,33,38)(H,34,37)/t20-,25-,26-/m0/s1. The summed E-state index contributed by atoms with van der Waals surface area (Å²) in [6.07, 6.45) is 4.61. The van der Waals surface area contributed by atoms with Gasteiger partial charge in [0, 0.05) is 27.4 Å². The molecular formula is C30H33N5O4S. The first-order chi connectivity index (χ1) is 19.4. The Morgan fingerprint density at radius 2 is 1.70 bits per heavy atom. The lowest BCUT2D eigenvalue weighted by Gasteiger charge is -2.33. The van der Waals surface area contributed by atoms with Crippen LogP contribution < -0.4 is 21.1 Å². The zero-order chi connectivity index (χ0) is 28.1. The summed E-state index contributed by atoms with van der Waals surface area (Å²) >= 11 is 1.43. The summed E-state index contributed by atoms with van der Waals surface area (Å²) < 4.78 is 5.78. The van der Waals surface area contributed by atoms with Gasteiger partial charge >= 0.3 is 0 Å². The van der Waals surface area contributed by atoms with Crippen molar-refractivity contribution in [1.29, 1.82) is 5.41 Å². The highest BCUT2D eigenvalue weighted by molar-refractivity contribution is 7.10. The van der Waals surface area contributed by atoms with Crippen molar-refractivity contribution in [2.45, 2.75) is 50.7 Å². The largest absolute Gasteiger partial charge is 0.457 e. The van der Waals surface area contributed by atoms with Gasteiger partial charge in [-0.1, -0.05) is 31.0 Å². The Labute approximate surface area is 237 Å². The minimum Gasteiger partial charge on any atom is -0.457 e. The third-order valence-electron chi connectivity index (χ3n) is 7.58. The molecule has 40 heavy (non-hydrogen) atoms. The number of carbonyl (C=O) groups is 3. The number of ether oxygens (including phenoxy) is 1. The number of benzene rings is 2. The number of nitrogens with one attached hydrogen (secondary N) is 3. The van der Waals surface area contributed by atoms with Crippen LogP contribution in [0.2, 0.25) is 0 Å². The Hall–Kier alpha value is -4.18. The number of para-hydroxylation sites is 1. The average Bonchev–Trinajstić information content (AvgIpc) is 3.61. The number of nitrogen functional groups attached to an aromatic ring is 1. The Morgan fingerprint density at radius 1 is 0.975 bits per heavy atom. The molecule has 1 aliphatic carbocycles. The molecule has 3 amide bonds. The summed E-state index contributed by atoms with van der Waals surface area (Å²) in [7, 11) is 0. The van der Waals surface area contributed by atoms with E-state index in [2.05, 4.69) is 10.6 Å². The number of likely N-dealkylation sites (tertiary alicyclic amines) is 1. The van der Waals surface area contributed by atoms with Gasteiger partial charge in [-0.25, -0.2) is 0 Å². The van der Waals surface area contributed by atoms with Crippen LogP contribution in [0.4, 0.5) is 0 Å². The minimum absolute atomic E-state index is 0.00868. The van der Waals surface area contributed by atoms with Crippen molar-refractivity contribution in [2.75, 3.05) is 6.54 Å². The van der Waals surface area contributed by atoms with Crippen LogP contribution in [0.3, 0.4) is 0 Å². The van der Waals surface area contributed by atoms with Gasteiger partial charge in [-0.2, -0.15) is 0 Å². The molecule has 2 aliphatic rings. The van der Waals surface area contributed by atoms with Crippen LogP contribution in [-0.4, -0.2) is 47.1 Å². The molecule has 5 rings (SSSR count). The average molecular weight is 560 g/mol. The normalized spacial score (nSPS) is 19.9. The second-order valence-corrected chi connectivity index (χ2v) is 11.2. The van der Waals surface area contributed by atoms with Crippen molar-refractivity contribution in [3.63, 3.8) is 0 Å². The molecule has 0 bridgehead atoms. The van der Waals surface area contributed by atoms with Gasteiger partial charge < -0.3 is 26.0 Å². The lowest BCUT2D eigenvalue weighted by atomic mass is 9.84. The Bertz CT molecular complexity index is 1370.